The van der Waals surface area contributed by atoms with Crippen LogP contribution in [0.2, 0.25) is 0 Å². The predicted octanol–water partition coefficient (Wildman–Crippen LogP) is 5.94. The summed E-state index contributed by atoms with van der Waals surface area (Å²) in [5.74, 6) is 2.02. The summed E-state index contributed by atoms with van der Waals surface area (Å²) >= 11 is 0. The highest BCUT2D eigenvalue weighted by atomic mass is 16.5. The predicted molar refractivity (Wildman–Crippen MR) is 204 cm³/mol. The maximum atomic E-state index is 12.8. The molecule has 2 fully saturated rings. The average Bonchev–Trinajstić information content (AvgIpc) is 3.85. The lowest BCUT2D eigenvalue weighted by molar-refractivity contribution is -0.111. The second-order valence-corrected chi connectivity index (χ2v) is 13.3. The summed E-state index contributed by atoms with van der Waals surface area (Å²) in [4.78, 5) is 35.6. The first kappa shape index (κ1) is 35.2. The number of furan rings is 1. The summed E-state index contributed by atoms with van der Waals surface area (Å²) < 4.78 is 11.7. The third kappa shape index (κ3) is 7.52. The molecule has 1 amide bonds. The van der Waals surface area contributed by atoms with Crippen LogP contribution in [-0.2, 0) is 11.2 Å². The third-order valence-corrected chi connectivity index (χ3v) is 10.1. The number of piperazine rings is 1. The quantitative estimate of drug-likeness (QED) is 0.0925. The maximum Gasteiger partial charge on any atom is 0.247 e. The molecule has 0 spiro atoms. The van der Waals surface area contributed by atoms with E-state index < -0.39 is 0 Å². The molecule has 5 heterocycles. The minimum atomic E-state index is -0.297. The standard InChI is InChI=1S/C39H47N9O4/c1-4-25-11-16-48(36(21-25)47-17-14-40-15-18-47)31-24-33(51-3)30(23-29(31)42-35(50)5-2)44-39-41-13-10-28(43-39)38-37(45-34(46-38)7-6-19-49)27-9-8-26-12-20-52-32(26)22-27/h5,8-10,12-13,20,22-25,36,40,49H,2,4,6-7,11,14-19,21H2,1,3H3,(H,42,50)(H,45,46)(H,41,43,44). The highest BCUT2D eigenvalue weighted by Crippen LogP contribution is 2.42. The lowest BCUT2D eigenvalue weighted by Crippen LogP contribution is -2.58. The SMILES string of the molecule is C=CC(=O)Nc1cc(Nc2nccc(-c3[nH]c(CCCO)nc3-c3ccc4ccoc4c3)n2)c(OC)cc1N1CCC(CC)CC1N1CCNCC1. The summed E-state index contributed by atoms with van der Waals surface area (Å²) in [6, 6.07) is 13.6. The molecule has 0 radical (unpaired) electrons. The van der Waals surface area contributed by atoms with E-state index >= 15 is 0 Å². The van der Waals surface area contributed by atoms with Gasteiger partial charge in [0.05, 0.1) is 53.7 Å². The second-order valence-electron chi connectivity index (χ2n) is 13.3. The van der Waals surface area contributed by atoms with Gasteiger partial charge in [0.2, 0.25) is 11.9 Å². The number of aliphatic hydroxyl groups excluding tert-OH is 1. The number of hydrogen-bond acceptors (Lipinski definition) is 11. The number of aromatic nitrogens is 4. The topological polar surface area (TPSA) is 157 Å². The van der Waals surface area contributed by atoms with Gasteiger partial charge in [-0.05, 0) is 55.5 Å². The number of carbonyl (C=O) groups is 1. The first-order valence-corrected chi connectivity index (χ1v) is 18.1. The Bertz CT molecular complexity index is 2020. The van der Waals surface area contributed by atoms with Crippen LogP contribution < -0.4 is 25.6 Å². The number of aliphatic hydroxyl groups is 1. The van der Waals surface area contributed by atoms with Crippen molar-refractivity contribution in [3.63, 3.8) is 0 Å². The molecule has 2 saturated heterocycles. The van der Waals surface area contributed by atoms with Crippen molar-refractivity contribution in [2.45, 2.75) is 45.2 Å². The largest absolute Gasteiger partial charge is 0.494 e. The van der Waals surface area contributed by atoms with E-state index in [1.54, 1.807) is 19.6 Å². The molecule has 5 N–H and O–H groups in total. The van der Waals surface area contributed by atoms with Crippen molar-refractivity contribution in [2.75, 3.05) is 62.0 Å². The smallest absolute Gasteiger partial charge is 0.247 e. The van der Waals surface area contributed by atoms with Crippen molar-refractivity contribution in [1.29, 1.82) is 0 Å². The number of hydrogen-bond donors (Lipinski definition) is 5. The van der Waals surface area contributed by atoms with E-state index in [9.17, 15) is 9.90 Å². The lowest BCUT2D eigenvalue weighted by atomic mass is 9.90. The number of carbonyl (C=O) groups excluding carboxylic acids is 1. The summed E-state index contributed by atoms with van der Waals surface area (Å²) in [6.07, 6.45) is 9.27. The van der Waals surface area contributed by atoms with Crippen LogP contribution in [-0.4, -0.2) is 88.5 Å². The second kappa shape index (κ2) is 16.0. The number of imidazole rings is 1. The van der Waals surface area contributed by atoms with Crippen LogP contribution in [0.15, 0.2) is 72.0 Å². The number of fused-ring (bicyclic) bond motifs is 1. The summed E-state index contributed by atoms with van der Waals surface area (Å²) in [7, 11) is 1.64. The van der Waals surface area contributed by atoms with Gasteiger partial charge in [0.25, 0.3) is 0 Å². The van der Waals surface area contributed by atoms with Gasteiger partial charge in [-0.25, -0.2) is 15.0 Å². The number of aryl methyl sites for hydroxylation is 1. The molecule has 13 nitrogen and oxygen atoms in total. The van der Waals surface area contributed by atoms with E-state index in [-0.39, 0.29) is 18.7 Å². The van der Waals surface area contributed by atoms with Crippen molar-refractivity contribution >= 4 is 39.9 Å². The van der Waals surface area contributed by atoms with E-state index in [0.717, 1.165) is 91.4 Å². The van der Waals surface area contributed by atoms with Crippen LogP contribution >= 0.6 is 0 Å². The van der Waals surface area contributed by atoms with Gasteiger partial charge in [-0.3, -0.25) is 9.69 Å². The fourth-order valence-corrected chi connectivity index (χ4v) is 7.31. The number of benzene rings is 2. The van der Waals surface area contributed by atoms with Gasteiger partial charge in [0.1, 0.15) is 17.2 Å². The molecule has 0 saturated carbocycles. The molecule has 3 aromatic heterocycles. The number of ether oxygens (including phenoxy) is 1. The molecule has 0 bridgehead atoms. The molecule has 272 valence electrons. The van der Waals surface area contributed by atoms with Crippen molar-refractivity contribution < 1.29 is 19.1 Å². The van der Waals surface area contributed by atoms with Gasteiger partial charge in [0.15, 0.2) is 0 Å². The lowest BCUT2D eigenvalue weighted by Gasteiger charge is -2.48. The monoisotopic (exact) mass is 705 g/mol. The minimum absolute atomic E-state index is 0.0641. The molecular weight excluding hydrogens is 658 g/mol. The molecule has 2 atom stereocenters. The van der Waals surface area contributed by atoms with E-state index in [4.69, 9.17) is 19.1 Å². The highest BCUT2D eigenvalue weighted by molar-refractivity contribution is 6.02. The molecule has 2 aromatic carbocycles. The van der Waals surface area contributed by atoms with E-state index in [1.165, 1.54) is 6.08 Å². The number of anilines is 4. The molecule has 7 rings (SSSR count). The first-order valence-electron chi connectivity index (χ1n) is 18.1. The summed E-state index contributed by atoms with van der Waals surface area (Å²) in [5.41, 5.74) is 5.85. The Morgan fingerprint density at radius 3 is 2.79 bits per heavy atom. The maximum absolute atomic E-state index is 12.8. The summed E-state index contributed by atoms with van der Waals surface area (Å²) in [6.45, 7) is 10.7. The molecule has 5 aromatic rings. The van der Waals surface area contributed by atoms with Gasteiger partial charge in [0, 0.05) is 69.0 Å². The number of methoxy groups -OCH3 is 1. The van der Waals surface area contributed by atoms with Crippen molar-refractivity contribution in [2.24, 2.45) is 5.92 Å². The van der Waals surface area contributed by atoms with Gasteiger partial charge in [-0.2, -0.15) is 0 Å². The Morgan fingerprint density at radius 1 is 1.13 bits per heavy atom. The number of nitrogens with zero attached hydrogens (tertiary/aromatic N) is 5. The zero-order valence-corrected chi connectivity index (χ0v) is 29.8. The number of piperidine rings is 1. The van der Waals surface area contributed by atoms with Gasteiger partial charge in [-0.1, -0.05) is 32.1 Å². The van der Waals surface area contributed by atoms with Crippen LogP contribution in [0, 0.1) is 5.92 Å². The number of H-pyrrole nitrogens is 1. The molecule has 13 heteroatoms. The Hall–Kier alpha value is -5.24. The minimum Gasteiger partial charge on any atom is -0.494 e. The Balaban J connectivity index is 1.24. The summed E-state index contributed by atoms with van der Waals surface area (Å²) in [5, 5.41) is 20.4. The fourth-order valence-electron chi connectivity index (χ4n) is 7.31. The molecule has 2 unspecified atom stereocenters. The van der Waals surface area contributed by atoms with Crippen LogP contribution in [0.4, 0.5) is 23.0 Å². The van der Waals surface area contributed by atoms with E-state index in [1.807, 2.05) is 42.5 Å². The van der Waals surface area contributed by atoms with Crippen LogP contribution in [0.5, 0.6) is 5.75 Å². The number of amides is 1. The Morgan fingerprint density at radius 2 is 2.00 bits per heavy atom. The van der Waals surface area contributed by atoms with E-state index in [2.05, 4.69) is 49.2 Å². The van der Waals surface area contributed by atoms with E-state index in [0.29, 0.717) is 47.5 Å². The van der Waals surface area contributed by atoms with Gasteiger partial charge in [-0.15, -0.1) is 0 Å². The van der Waals surface area contributed by atoms with Crippen LogP contribution in [0.25, 0.3) is 33.6 Å². The third-order valence-electron chi connectivity index (χ3n) is 10.1. The average molecular weight is 706 g/mol. The Kier molecular flexibility index (Phi) is 10.8. The fraction of sp³-hybridized carbons (Fsp3) is 0.385. The molecule has 0 aliphatic carbocycles. The number of rotatable bonds is 13. The first-order chi connectivity index (χ1) is 25.5. The van der Waals surface area contributed by atoms with Gasteiger partial charge < -0.3 is 40.1 Å². The molecule has 52 heavy (non-hydrogen) atoms. The van der Waals surface area contributed by atoms with Gasteiger partial charge >= 0.3 is 0 Å². The van der Waals surface area contributed by atoms with Crippen molar-refractivity contribution in [3.05, 3.63) is 73.4 Å². The van der Waals surface area contributed by atoms with Crippen molar-refractivity contribution in [3.8, 4) is 28.4 Å². The molecular formula is C39H47N9O4. The molecule has 2 aliphatic heterocycles. The molecule has 2 aliphatic rings. The zero-order chi connectivity index (χ0) is 36.0. The zero-order valence-electron chi connectivity index (χ0n) is 29.8. The highest BCUT2D eigenvalue weighted by Gasteiger charge is 2.34. The van der Waals surface area contributed by atoms with Crippen LogP contribution in [0.3, 0.4) is 0 Å². The van der Waals surface area contributed by atoms with Crippen molar-refractivity contribution in [1.82, 2.24) is 30.2 Å². The number of nitrogens with one attached hydrogen (secondary N) is 4. The van der Waals surface area contributed by atoms with Crippen LogP contribution in [0.1, 0.15) is 38.4 Å². The number of aromatic amines is 1. The Labute approximate surface area is 303 Å². The normalized spacial score (nSPS) is 18.0.